The van der Waals surface area contributed by atoms with Crippen molar-refractivity contribution in [3.05, 3.63) is 34.9 Å². The van der Waals surface area contributed by atoms with Gasteiger partial charge in [-0.1, -0.05) is 30.2 Å². The molecule has 0 saturated heterocycles. The minimum absolute atomic E-state index is 0.378. The number of hydrogen-bond acceptors (Lipinski definition) is 2. The zero-order valence-electron chi connectivity index (χ0n) is 9.45. The van der Waals surface area contributed by atoms with Crippen LogP contribution in [0, 0.1) is 0 Å². The molecule has 0 amide bonds. The third kappa shape index (κ3) is 3.21. The molecule has 88 valence electrons. The normalized spacial score (nSPS) is 18.1. The zero-order valence-corrected chi connectivity index (χ0v) is 10.2. The summed E-state index contributed by atoms with van der Waals surface area (Å²) in [6, 6.07) is 9.09. The van der Waals surface area contributed by atoms with Crippen molar-refractivity contribution in [1.29, 1.82) is 0 Å². The minimum Gasteiger partial charge on any atom is -0.329 e. The summed E-state index contributed by atoms with van der Waals surface area (Å²) in [6.07, 6.45) is 4.91. The first-order valence-corrected chi connectivity index (χ1v) is 6.36. The van der Waals surface area contributed by atoms with Gasteiger partial charge in [0, 0.05) is 23.7 Å². The van der Waals surface area contributed by atoms with Gasteiger partial charge in [0.05, 0.1) is 0 Å². The van der Waals surface area contributed by atoms with Crippen molar-refractivity contribution < 1.29 is 0 Å². The van der Waals surface area contributed by atoms with Gasteiger partial charge in [0.1, 0.15) is 0 Å². The van der Waals surface area contributed by atoms with Gasteiger partial charge >= 0.3 is 0 Å². The van der Waals surface area contributed by atoms with Gasteiger partial charge in [0.2, 0.25) is 0 Å². The van der Waals surface area contributed by atoms with Crippen molar-refractivity contribution in [2.45, 2.75) is 37.8 Å². The first kappa shape index (κ1) is 11.9. The van der Waals surface area contributed by atoms with Gasteiger partial charge in [-0.25, -0.2) is 0 Å². The topological polar surface area (TPSA) is 38.0 Å². The maximum Gasteiger partial charge on any atom is 0.0408 e. The number of halogens is 1. The molecule has 1 aromatic rings. The number of hydrogen-bond donors (Lipinski definition) is 2. The molecule has 0 heterocycles. The van der Waals surface area contributed by atoms with Gasteiger partial charge in [0.25, 0.3) is 0 Å². The molecule has 0 aliphatic heterocycles. The second-order valence-corrected chi connectivity index (χ2v) is 5.00. The van der Waals surface area contributed by atoms with E-state index in [4.69, 9.17) is 17.3 Å². The molecule has 1 aliphatic rings. The summed E-state index contributed by atoms with van der Waals surface area (Å²) >= 11 is 5.96. The number of benzene rings is 1. The maximum atomic E-state index is 5.96. The molecule has 2 rings (SSSR count). The molecule has 0 bridgehead atoms. The van der Waals surface area contributed by atoms with Crippen LogP contribution in [-0.2, 0) is 6.42 Å². The van der Waals surface area contributed by atoms with Gasteiger partial charge < -0.3 is 11.1 Å². The van der Waals surface area contributed by atoms with Crippen LogP contribution in [0.1, 0.15) is 24.8 Å². The van der Waals surface area contributed by atoms with E-state index < -0.39 is 0 Å². The molecule has 3 heteroatoms. The first-order chi connectivity index (χ1) is 7.78. The highest BCUT2D eigenvalue weighted by atomic mass is 35.5. The summed E-state index contributed by atoms with van der Waals surface area (Å²) in [5, 5.41) is 4.41. The average molecular weight is 239 g/mol. The Morgan fingerprint density at radius 2 is 2.25 bits per heavy atom. The molecule has 16 heavy (non-hydrogen) atoms. The fraction of sp³-hybridized carbons (Fsp3) is 0.538. The fourth-order valence-corrected chi connectivity index (χ4v) is 2.28. The van der Waals surface area contributed by atoms with Crippen molar-refractivity contribution in [2.24, 2.45) is 5.73 Å². The van der Waals surface area contributed by atoms with E-state index >= 15 is 0 Å². The monoisotopic (exact) mass is 238 g/mol. The van der Waals surface area contributed by atoms with E-state index in [1.54, 1.807) is 0 Å². The van der Waals surface area contributed by atoms with Gasteiger partial charge in [-0.05, 0) is 37.0 Å². The predicted molar refractivity (Wildman–Crippen MR) is 68.8 cm³/mol. The van der Waals surface area contributed by atoms with Crippen LogP contribution in [0.5, 0.6) is 0 Å². The van der Waals surface area contributed by atoms with Crippen LogP contribution >= 0.6 is 11.6 Å². The van der Waals surface area contributed by atoms with E-state index in [1.165, 1.54) is 24.8 Å². The summed E-state index contributed by atoms with van der Waals surface area (Å²) in [4.78, 5) is 0. The number of nitrogens with one attached hydrogen (secondary N) is 1. The fourth-order valence-electron chi connectivity index (χ4n) is 2.07. The van der Waals surface area contributed by atoms with Crippen LogP contribution in [0.4, 0.5) is 0 Å². The Labute approximate surface area is 102 Å². The third-order valence-electron chi connectivity index (χ3n) is 3.23. The second-order valence-electron chi connectivity index (χ2n) is 4.56. The Balaban J connectivity index is 1.89. The van der Waals surface area contributed by atoms with Gasteiger partial charge in [0.15, 0.2) is 0 Å². The van der Waals surface area contributed by atoms with Crippen LogP contribution in [0.25, 0.3) is 0 Å². The zero-order chi connectivity index (χ0) is 11.4. The molecule has 1 fully saturated rings. The largest absolute Gasteiger partial charge is 0.329 e. The molecule has 0 aromatic heterocycles. The lowest BCUT2D eigenvalue weighted by atomic mass is 9.91. The van der Waals surface area contributed by atoms with Gasteiger partial charge in [-0.3, -0.25) is 0 Å². The molecule has 2 nitrogen and oxygen atoms in total. The molecule has 3 N–H and O–H groups in total. The molecular formula is C13H19ClN2. The van der Waals surface area contributed by atoms with E-state index in [1.807, 2.05) is 18.2 Å². The molecule has 0 spiro atoms. The van der Waals surface area contributed by atoms with Crippen LogP contribution in [0.2, 0.25) is 5.02 Å². The summed E-state index contributed by atoms with van der Waals surface area (Å²) < 4.78 is 0. The Morgan fingerprint density at radius 1 is 1.44 bits per heavy atom. The van der Waals surface area contributed by atoms with Crippen molar-refractivity contribution in [1.82, 2.24) is 5.32 Å². The Morgan fingerprint density at radius 3 is 2.81 bits per heavy atom. The van der Waals surface area contributed by atoms with E-state index in [0.717, 1.165) is 11.4 Å². The molecule has 1 saturated carbocycles. The van der Waals surface area contributed by atoms with E-state index in [-0.39, 0.29) is 0 Å². The smallest absolute Gasteiger partial charge is 0.0408 e. The highest BCUT2D eigenvalue weighted by molar-refractivity contribution is 6.30. The van der Waals surface area contributed by atoms with E-state index in [2.05, 4.69) is 11.4 Å². The van der Waals surface area contributed by atoms with Crippen LogP contribution in [-0.4, -0.2) is 18.6 Å². The number of nitrogens with two attached hydrogens (primary N) is 1. The highest BCUT2D eigenvalue weighted by Crippen LogP contribution is 2.19. The second kappa shape index (κ2) is 5.67. The average Bonchev–Trinajstić information content (AvgIpc) is 2.21. The van der Waals surface area contributed by atoms with Gasteiger partial charge in [-0.15, -0.1) is 0 Å². The van der Waals surface area contributed by atoms with Crippen LogP contribution < -0.4 is 11.1 Å². The maximum absolute atomic E-state index is 5.96. The standard InChI is InChI=1S/C13H19ClN2/c14-11-4-1-3-10(7-11)8-13(9-15)16-12-5-2-6-12/h1,3-4,7,12-13,16H,2,5-6,8-9,15H2. The Bertz CT molecular complexity index is 336. The van der Waals surface area contributed by atoms with Crippen LogP contribution in [0.3, 0.4) is 0 Å². The van der Waals surface area contributed by atoms with Crippen molar-refractivity contribution in [3.63, 3.8) is 0 Å². The molecule has 1 unspecified atom stereocenters. The minimum atomic E-state index is 0.378. The SMILES string of the molecule is NCC(Cc1cccc(Cl)c1)NC1CCC1. The van der Waals surface area contributed by atoms with Gasteiger partial charge in [-0.2, -0.15) is 0 Å². The van der Waals surface area contributed by atoms with E-state index in [0.29, 0.717) is 18.6 Å². The summed E-state index contributed by atoms with van der Waals surface area (Å²) in [7, 11) is 0. The molecule has 1 aromatic carbocycles. The van der Waals surface area contributed by atoms with Crippen LogP contribution in [0.15, 0.2) is 24.3 Å². The molecule has 1 aliphatic carbocycles. The lowest BCUT2D eigenvalue weighted by Crippen LogP contribution is -2.46. The lowest BCUT2D eigenvalue weighted by molar-refractivity contribution is 0.304. The van der Waals surface area contributed by atoms with Crippen molar-refractivity contribution >= 4 is 11.6 Å². The first-order valence-electron chi connectivity index (χ1n) is 5.98. The molecule has 1 atom stereocenters. The number of rotatable bonds is 5. The summed E-state index contributed by atoms with van der Waals surface area (Å²) in [6.45, 7) is 0.684. The summed E-state index contributed by atoms with van der Waals surface area (Å²) in [5.41, 5.74) is 7.05. The molecule has 0 radical (unpaired) electrons. The molecular weight excluding hydrogens is 220 g/mol. The van der Waals surface area contributed by atoms with Crippen molar-refractivity contribution in [2.75, 3.05) is 6.54 Å². The summed E-state index contributed by atoms with van der Waals surface area (Å²) in [5.74, 6) is 0. The quantitative estimate of drug-likeness (QED) is 0.827. The lowest BCUT2D eigenvalue weighted by Gasteiger charge is -2.31. The highest BCUT2D eigenvalue weighted by Gasteiger charge is 2.20. The third-order valence-corrected chi connectivity index (χ3v) is 3.47. The van der Waals surface area contributed by atoms with Crippen molar-refractivity contribution in [3.8, 4) is 0 Å². The Hall–Kier alpha value is -0.570. The Kier molecular flexibility index (Phi) is 4.22. The predicted octanol–water partition coefficient (Wildman–Crippen LogP) is 2.35. The van der Waals surface area contributed by atoms with E-state index in [9.17, 15) is 0 Å².